The van der Waals surface area contributed by atoms with Crippen molar-refractivity contribution >= 4 is 11.9 Å². The molecule has 0 radical (unpaired) electrons. The zero-order valence-corrected chi connectivity index (χ0v) is 12.6. The van der Waals surface area contributed by atoms with Crippen molar-refractivity contribution < 1.29 is 14.7 Å². The third-order valence-corrected chi connectivity index (χ3v) is 3.85. The molecule has 0 unspecified atom stereocenters. The van der Waals surface area contributed by atoms with E-state index in [1.807, 2.05) is 24.7 Å². The second-order valence-electron chi connectivity index (χ2n) is 6.11. The first-order valence-corrected chi connectivity index (χ1v) is 7.56. The van der Waals surface area contributed by atoms with E-state index in [2.05, 4.69) is 10.4 Å². The monoisotopic (exact) mass is 293 g/mol. The SMILES string of the molecule is CC(C)C[C@@H](NC(=O)c1ccn(C2CCCC2)n1)C(=O)O. The van der Waals surface area contributed by atoms with Gasteiger partial charge in [-0.3, -0.25) is 9.48 Å². The highest BCUT2D eigenvalue weighted by Gasteiger charge is 2.24. The van der Waals surface area contributed by atoms with Crippen LogP contribution in [0.25, 0.3) is 0 Å². The van der Waals surface area contributed by atoms with Gasteiger partial charge in [0.15, 0.2) is 0 Å². The van der Waals surface area contributed by atoms with Crippen molar-refractivity contribution in [3.8, 4) is 0 Å². The number of hydrogen-bond donors (Lipinski definition) is 2. The van der Waals surface area contributed by atoms with E-state index >= 15 is 0 Å². The molecule has 6 heteroatoms. The summed E-state index contributed by atoms with van der Waals surface area (Å²) >= 11 is 0. The summed E-state index contributed by atoms with van der Waals surface area (Å²) in [6.45, 7) is 3.85. The normalized spacial score (nSPS) is 17.1. The quantitative estimate of drug-likeness (QED) is 0.842. The first-order valence-electron chi connectivity index (χ1n) is 7.56. The third-order valence-electron chi connectivity index (χ3n) is 3.85. The Kier molecular flexibility index (Phi) is 4.98. The van der Waals surface area contributed by atoms with Crippen molar-refractivity contribution in [1.29, 1.82) is 0 Å². The number of aliphatic carboxylic acids is 1. The van der Waals surface area contributed by atoms with Gasteiger partial charge in [-0.2, -0.15) is 5.10 Å². The summed E-state index contributed by atoms with van der Waals surface area (Å²) in [7, 11) is 0. The highest BCUT2D eigenvalue weighted by molar-refractivity contribution is 5.94. The molecule has 1 fully saturated rings. The number of rotatable bonds is 6. The Hall–Kier alpha value is -1.85. The van der Waals surface area contributed by atoms with Gasteiger partial charge in [-0.05, 0) is 31.2 Å². The Morgan fingerprint density at radius 2 is 2.10 bits per heavy atom. The molecule has 0 spiro atoms. The molecule has 2 N–H and O–H groups in total. The molecule has 1 saturated carbocycles. The second-order valence-corrected chi connectivity index (χ2v) is 6.11. The van der Waals surface area contributed by atoms with Crippen LogP contribution in [0.4, 0.5) is 0 Å². The number of carbonyl (C=O) groups is 2. The van der Waals surface area contributed by atoms with Crippen LogP contribution in [-0.2, 0) is 4.79 Å². The minimum absolute atomic E-state index is 0.197. The van der Waals surface area contributed by atoms with Crippen LogP contribution in [0.3, 0.4) is 0 Å². The molecule has 1 aliphatic carbocycles. The van der Waals surface area contributed by atoms with E-state index in [0.717, 1.165) is 12.8 Å². The summed E-state index contributed by atoms with van der Waals surface area (Å²) in [4.78, 5) is 23.3. The molecule has 0 aromatic carbocycles. The molecule has 1 aromatic heterocycles. The highest BCUT2D eigenvalue weighted by Crippen LogP contribution is 2.28. The molecule has 1 amide bonds. The fourth-order valence-corrected chi connectivity index (χ4v) is 2.76. The van der Waals surface area contributed by atoms with Crippen LogP contribution in [-0.4, -0.2) is 32.8 Å². The van der Waals surface area contributed by atoms with Gasteiger partial charge in [0.2, 0.25) is 0 Å². The minimum atomic E-state index is -1.01. The lowest BCUT2D eigenvalue weighted by atomic mass is 10.0. The molecular formula is C15H23N3O3. The van der Waals surface area contributed by atoms with Crippen LogP contribution >= 0.6 is 0 Å². The highest BCUT2D eigenvalue weighted by atomic mass is 16.4. The molecule has 1 aromatic rings. The molecule has 1 aliphatic rings. The van der Waals surface area contributed by atoms with E-state index in [-0.39, 0.29) is 11.6 Å². The standard InChI is InChI=1S/C15H23N3O3/c1-10(2)9-13(15(20)21)16-14(19)12-7-8-18(17-12)11-5-3-4-6-11/h7-8,10-11,13H,3-6,9H2,1-2H3,(H,16,19)(H,20,21)/t13-/m1/s1. The van der Waals surface area contributed by atoms with Gasteiger partial charge in [-0.15, -0.1) is 0 Å². The van der Waals surface area contributed by atoms with Crippen molar-refractivity contribution in [2.75, 3.05) is 0 Å². The molecule has 1 heterocycles. The van der Waals surface area contributed by atoms with Crippen molar-refractivity contribution in [3.63, 3.8) is 0 Å². The van der Waals surface area contributed by atoms with Gasteiger partial charge in [-0.25, -0.2) is 4.79 Å². The maximum Gasteiger partial charge on any atom is 0.326 e. The summed E-state index contributed by atoms with van der Waals surface area (Å²) in [5.74, 6) is -1.23. The number of aromatic nitrogens is 2. The lowest BCUT2D eigenvalue weighted by Crippen LogP contribution is -2.41. The molecule has 0 bridgehead atoms. The summed E-state index contributed by atoms with van der Waals surface area (Å²) < 4.78 is 1.83. The van der Waals surface area contributed by atoms with Gasteiger partial charge in [-0.1, -0.05) is 26.7 Å². The zero-order valence-electron chi connectivity index (χ0n) is 12.6. The van der Waals surface area contributed by atoms with E-state index < -0.39 is 17.9 Å². The second kappa shape index (κ2) is 6.74. The summed E-state index contributed by atoms with van der Waals surface area (Å²) in [5, 5.41) is 16.0. The van der Waals surface area contributed by atoms with Crippen LogP contribution in [0, 0.1) is 5.92 Å². The number of carboxylic acid groups (broad SMARTS) is 1. The predicted molar refractivity (Wildman–Crippen MR) is 78.1 cm³/mol. The van der Waals surface area contributed by atoms with Gasteiger partial charge < -0.3 is 10.4 Å². The number of carbonyl (C=O) groups excluding carboxylic acids is 1. The molecule has 6 nitrogen and oxygen atoms in total. The smallest absolute Gasteiger partial charge is 0.326 e. The van der Waals surface area contributed by atoms with Gasteiger partial charge in [0, 0.05) is 6.20 Å². The molecule has 0 aliphatic heterocycles. The Labute approximate surface area is 124 Å². The van der Waals surface area contributed by atoms with Gasteiger partial charge in [0.05, 0.1) is 6.04 Å². The largest absolute Gasteiger partial charge is 0.480 e. The molecule has 21 heavy (non-hydrogen) atoms. The molecule has 1 atom stereocenters. The van der Waals surface area contributed by atoms with Crippen LogP contribution in [0.15, 0.2) is 12.3 Å². The Morgan fingerprint density at radius 3 is 2.67 bits per heavy atom. The van der Waals surface area contributed by atoms with Gasteiger partial charge >= 0.3 is 5.97 Å². The summed E-state index contributed by atoms with van der Waals surface area (Å²) in [6.07, 6.45) is 6.79. The molecule has 116 valence electrons. The molecular weight excluding hydrogens is 270 g/mol. The number of carboxylic acids is 1. The van der Waals surface area contributed by atoms with Crippen molar-refractivity contribution in [2.45, 2.75) is 58.0 Å². The van der Waals surface area contributed by atoms with Crippen LogP contribution in [0.2, 0.25) is 0 Å². The predicted octanol–water partition coefficient (Wildman–Crippen LogP) is 2.23. The van der Waals surface area contributed by atoms with E-state index in [4.69, 9.17) is 5.11 Å². The van der Waals surface area contributed by atoms with E-state index in [9.17, 15) is 9.59 Å². The van der Waals surface area contributed by atoms with Crippen molar-refractivity contribution in [3.05, 3.63) is 18.0 Å². The van der Waals surface area contributed by atoms with E-state index in [1.54, 1.807) is 6.07 Å². The van der Waals surface area contributed by atoms with Crippen LogP contribution in [0.5, 0.6) is 0 Å². The number of nitrogens with one attached hydrogen (secondary N) is 1. The van der Waals surface area contributed by atoms with Crippen molar-refractivity contribution in [1.82, 2.24) is 15.1 Å². The fourth-order valence-electron chi connectivity index (χ4n) is 2.76. The maximum atomic E-state index is 12.1. The molecule has 2 rings (SSSR count). The number of amides is 1. The lowest BCUT2D eigenvalue weighted by Gasteiger charge is -2.15. The Balaban J connectivity index is 2.00. The van der Waals surface area contributed by atoms with Crippen LogP contribution < -0.4 is 5.32 Å². The van der Waals surface area contributed by atoms with Gasteiger partial charge in [0.25, 0.3) is 5.91 Å². The zero-order chi connectivity index (χ0) is 15.4. The summed E-state index contributed by atoms with van der Waals surface area (Å²) in [6, 6.07) is 1.16. The van der Waals surface area contributed by atoms with E-state index in [1.165, 1.54) is 12.8 Å². The average Bonchev–Trinajstić information content (AvgIpc) is 3.08. The fraction of sp³-hybridized carbons (Fsp3) is 0.667. The maximum absolute atomic E-state index is 12.1. The first-order chi connectivity index (χ1) is 9.97. The number of hydrogen-bond acceptors (Lipinski definition) is 3. The van der Waals surface area contributed by atoms with Crippen molar-refractivity contribution in [2.24, 2.45) is 5.92 Å². The Bertz CT molecular complexity index is 504. The topological polar surface area (TPSA) is 84.2 Å². The van der Waals surface area contributed by atoms with E-state index in [0.29, 0.717) is 12.5 Å². The van der Waals surface area contributed by atoms with Gasteiger partial charge in [0.1, 0.15) is 11.7 Å². The first kappa shape index (κ1) is 15.5. The summed E-state index contributed by atoms with van der Waals surface area (Å²) in [5.41, 5.74) is 0.289. The average molecular weight is 293 g/mol. The third kappa shape index (κ3) is 4.06. The van der Waals surface area contributed by atoms with Crippen LogP contribution in [0.1, 0.15) is 62.5 Å². The molecule has 0 saturated heterocycles. The number of nitrogens with zero attached hydrogens (tertiary/aromatic N) is 2. The minimum Gasteiger partial charge on any atom is -0.480 e. The Morgan fingerprint density at radius 1 is 1.43 bits per heavy atom. The lowest BCUT2D eigenvalue weighted by molar-refractivity contribution is -0.139.